The largest absolute Gasteiger partial charge is 0.491 e. The number of nitrogens with one attached hydrogen (secondary N) is 1. The normalized spacial score (nSPS) is 11.7. The number of hydrazine groups is 1. The van der Waals surface area contributed by atoms with Crippen LogP contribution in [-0.4, -0.2) is 57.3 Å². The fraction of sp³-hybridized carbons (Fsp3) is 0.143. The van der Waals surface area contributed by atoms with Crippen molar-refractivity contribution in [1.82, 2.24) is 15.6 Å². The molecule has 1 aromatic heterocycles. The first-order valence-corrected chi connectivity index (χ1v) is 12.2. The highest BCUT2D eigenvalue weighted by Gasteiger charge is 2.24. The molecule has 200 valence electrons. The zero-order chi connectivity index (χ0) is 27.8. The molecule has 0 fully saturated rings. The number of halogens is 1. The highest BCUT2D eigenvalue weighted by atomic mass is 35.5. The smallest absolute Gasteiger partial charge is 0.336 e. The van der Waals surface area contributed by atoms with Crippen LogP contribution in [0.3, 0.4) is 0 Å². The molecule has 1 amide bonds. The fourth-order valence-electron chi connectivity index (χ4n) is 3.64. The van der Waals surface area contributed by atoms with Crippen molar-refractivity contribution < 1.29 is 33.9 Å². The third-order valence-corrected chi connectivity index (χ3v) is 5.81. The van der Waals surface area contributed by atoms with Crippen LogP contribution in [0.15, 0.2) is 89.5 Å². The molecule has 4 rings (SSSR count). The van der Waals surface area contributed by atoms with Crippen LogP contribution in [0.1, 0.15) is 26.5 Å². The van der Waals surface area contributed by atoms with E-state index < -0.39 is 36.3 Å². The number of nitrogens with zero attached hydrogens (tertiary/aromatic N) is 2. The van der Waals surface area contributed by atoms with Crippen molar-refractivity contribution in [3.8, 4) is 17.0 Å². The second-order valence-corrected chi connectivity index (χ2v) is 8.93. The van der Waals surface area contributed by atoms with E-state index in [1.165, 1.54) is 5.01 Å². The van der Waals surface area contributed by atoms with E-state index in [9.17, 15) is 24.6 Å². The van der Waals surface area contributed by atoms with Gasteiger partial charge in [0.2, 0.25) is 5.76 Å². The Balaban J connectivity index is 1.43. The number of aliphatic hydroxyl groups excluding tert-OH is 1. The van der Waals surface area contributed by atoms with Gasteiger partial charge in [0, 0.05) is 17.1 Å². The number of hydrogen-bond donors (Lipinski definition) is 3. The molecule has 11 heteroatoms. The average Bonchev–Trinajstić information content (AvgIpc) is 3.38. The summed E-state index contributed by atoms with van der Waals surface area (Å²) in [5.41, 5.74) is 5.47. The Morgan fingerprint density at radius 3 is 2.38 bits per heavy atom. The molecule has 3 aromatic carbocycles. The van der Waals surface area contributed by atoms with Crippen LogP contribution < -0.4 is 5.43 Å². The molecule has 0 aliphatic rings. The standard InChI is InChI=1S/C28H24ClN3O7/c29-22-8-4-7-21(13-22)19-11-9-18(10-12-19)15-32(30-27(36)25-14-26(35)31-39-25)16-23(33)28(37)38-17-24(34)20-5-2-1-3-6-20/h1-14,23,33H,15-17H2,(H,30,36)(H,31,35). The van der Waals surface area contributed by atoms with E-state index in [-0.39, 0.29) is 18.8 Å². The SMILES string of the molecule is O=C(COC(=O)C(O)CN(Cc1ccc(-c2cccc(Cl)c2)cc1)NC(=O)c1cc(O)no1)c1ccccc1. The lowest BCUT2D eigenvalue weighted by atomic mass is 10.0. The van der Waals surface area contributed by atoms with Crippen molar-refractivity contribution in [1.29, 1.82) is 0 Å². The van der Waals surface area contributed by atoms with E-state index in [0.29, 0.717) is 10.6 Å². The first-order valence-electron chi connectivity index (χ1n) is 11.8. The number of carbonyl (C=O) groups excluding carboxylic acids is 3. The summed E-state index contributed by atoms with van der Waals surface area (Å²) in [6.07, 6.45) is -1.69. The van der Waals surface area contributed by atoms with Crippen molar-refractivity contribution in [2.75, 3.05) is 13.2 Å². The Kier molecular flexibility index (Phi) is 9.06. The molecule has 1 unspecified atom stereocenters. The number of aromatic hydroxyl groups is 1. The molecule has 0 saturated heterocycles. The molecule has 1 atom stereocenters. The summed E-state index contributed by atoms with van der Waals surface area (Å²) in [5.74, 6) is -2.98. The van der Waals surface area contributed by atoms with Crippen LogP contribution in [0.5, 0.6) is 5.88 Å². The number of esters is 1. The summed E-state index contributed by atoms with van der Waals surface area (Å²) in [5, 5.41) is 25.0. The van der Waals surface area contributed by atoms with Gasteiger partial charge in [-0.25, -0.2) is 9.80 Å². The third-order valence-electron chi connectivity index (χ3n) is 5.57. The molecule has 10 nitrogen and oxygen atoms in total. The Hall–Kier alpha value is -4.51. The topological polar surface area (TPSA) is 142 Å². The summed E-state index contributed by atoms with van der Waals surface area (Å²) in [4.78, 5) is 37.2. The summed E-state index contributed by atoms with van der Waals surface area (Å²) in [6, 6.07) is 24.1. The van der Waals surface area contributed by atoms with Gasteiger partial charge in [0.15, 0.2) is 18.5 Å². The number of aliphatic hydroxyl groups is 1. The van der Waals surface area contributed by atoms with Crippen LogP contribution in [-0.2, 0) is 16.1 Å². The number of amides is 1. The Bertz CT molecular complexity index is 1440. The molecule has 0 aliphatic heterocycles. The first kappa shape index (κ1) is 27.5. The number of aromatic nitrogens is 1. The van der Waals surface area contributed by atoms with Crippen molar-refractivity contribution in [2.45, 2.75) is 12.6 Å². The van der Waals surface area contributed by atoms with Gasteiger partial charge in [-0.3, -0.25) is 15.0 Å². The average molecular weight is 550 g/mol. The molecule has 0 aliphatic carbocycles. The van der Waals surface area contributed by atoms with Gasteiger partial charge >= 0.3 is 11.9 Å². The second kappa shape index (κ2) is 12.8. The molecule has 0 spiro atoms. The van der Waals surface area contributed by atoms with Gasteiger partial charge in [-0.1, -0.05) is 78.3 Å². The van der Waals surface area contributed by atoms with Gasteiger partial charge in [0.05, 0.1) is 12.6 Å². The van der Waals surface area contributed by atoms with E-state index in [0.717, 1.165) is 22.8 Å². The molecule has 1 heterocycles. The maximum absolute atomic E-state index is 12.6. The van der Waals surface area contributed by atoms with Gasteiger partial charge in [0.1, 0.15) is 0 Å². The van der Waals surface area contributed by atoms with Gasteiger partial charge in [0.25, 0.3) is 5.88 Å². The number of benzene rings is 3. The van der Waals surface area contributed by atoms with Crippen LogP contribution in [0.2, 0.25) is 5.02 Å². The summed E-state index contributed by atoms with van der Waals surface area (Å²) < 4.78 is 9.76. The summed E-state index contributed by atoms with van der Waals surface area (Å²) >= 11 is 6.09. The quantitative estimate of drug-likeness (QED) is 0.145. The minimum absolute atomic E-state index is 0.0783. The first-order chi connectivity index (χ1) is 18.8. The number of ether oxygens (including phenoxy) is 1. The van der Waals surface area contributed by atoms with Crippen molar-refractivity contribution >= 4 is 29.3 Å². The number of hydrogen-bond acceptors (Lipinski definition) is 9. The van der Waals surface area contributed by atoms with Gasteiger partial charge < -0.3 is 19.5 Å². The van der Waals surface area contributed by atoms with E-state index >= 15 is 0 Å². The molecule has 0 bridgehead atoms. The third kappa shape index (κ3) is 7.74. The lowest BCUT2D eigenvalue weighted by Crippen LogP contribution is -2.47. The monoisotopic (exact) mass is 549 g/mol. The highest BCUT2D eigenvalue weighted by molar-refractivity contribution is 6.30. The number of carbonyl (C=O) groups is 3. The van der Waals surface area contributed by atoms with Crippen molar-refractivity contribution in [3.05, 3.63) is 107 Å². The molecular weight excluding hydrogens is 526 g/mol. The minimum atomic E-state index is -1.69. The van der Waals surface area contributed by atoms with Crippen molar-refractivity contribution in [3.63, 3.8) is 0 Å². The van der Waals surface area contributed by atoms with Crippen molar-refractivity contribution in [2.24, 2.45) is 0 Å². The van der Waals surface area contributed by atoms with E-state index in [1.807, 2.05) is 42.5 Å². The zero-order valence-electron chi connectivity index (χ0n) is 20.5. The lowest BCUT2D eigenvalue weighted by Gasteiger charge is -2.24. The zero-order valence-corrected chi connectivity index (χ0v) is 21.2. The Labute approximate surface area is 228 Å². The fourth-order valence-corrected chi connectivity index (χ4v) is 3.83. The van der Waals surface area contributed by atoms with Crippen LogP contribution in [0.4, 0.5) is 0 Å². The summed E-state index contributed by atoms with van der Waals surface area (Å²) in [6.45, 7) is -0.843. The minimum Gasteiger partial charge on any atom is -0.491 e. The Morgan fingerprint density at radius 1 is 0.974 bits per heavy atom. The van der Waals surface area contributed by atoms with Gasteiger partial charge in [-0.05, 0) is 34.0 Å². The lowest BCUT2D eigenvalue weighted by molar-refractivity contribution is -0.153. The molecule has 3 N–H and O–H groups in total. The summed E-state index contributed by atoms with van der Waals surface area (Å²) in [7, 11) is 0. The second-order valence-electron chi connectivity index (χ2n) is 8.49. The Morgan fingerprint density at radius 2 is 1.72 bits per heavy atom. The van der Waals surface area contributed by atoms with E-state index in [2.05, 4.69) is 10.6 Å². The number of ketones is 1. The predicted molar refractivity (Wildman–Crippen MR) is 141 cm³/mol. The molecular formula is C28H24ClN3O7. The van der Waals surface area contributed by atoms with Crippen LogP contribution in [0, 0.1) is 0 Å². The predicted octanol–water partition coefficient (Wildman–Crippen LogP) is 3.63. The van der Waals surface area contributed by atoms with Crippen LogP contribution >= 0.6 is 11.6 Å². The maximum Gasteiger partial charge on any atom is 0.336 e. The van der Waals surface area contributed by atoms with Crippen LogP contribution in [0.25, 0.3) is 11.1 Å². The van der Waals surface area contributed by atoms with E-state index in [1.54, 1.807) is 36.4 Å². The number of rotatable bonds is 11. The molecule has 0 radical (unpaired) electrons. The van der Waals surface area contributed by atoms with Gasteiger partial charge in [-0.2, -0.15) is 0 Å². The number of Topliss-reactive ketones (excluding diaryl/α,β-unsaturated/α-hetero) is 1. The highest BCUT2D eigenvalue weighted by Crippen LogP contribution is 2.23. The van der Waals surface area contributed by atoms with Gasteiger partial charge in [-0.15, -0.1) is 0 Å². The molecule has 4 aromatic rings. The van der Waals surface area contributed by atoms with E-state index in [4.69, 9.17) is 20.9 Å². The molecule has 0 saturated carbocycles. The maximum atomic E-state index is 12.6. The molecule has 39 heavy (non-hydrogen) atoms.